The third-order valence-corrected chi connectivity index (χ3v) is 1.43. The summed E-state index contributed by atoms with van der Waals surface area (Å²) >= 11 is 0. The van der Waals surface area contributed by atoms with Crippen LogP contribution >= 0.6 is 0 Å². The Labute approximate surface area is 89.1 Å². The molecule has 0 amide bonds. The number of nitrogens with two attached hydrogens (primary N) is 1. The van der Waals surface area contributed by atoms with Gasteiger partial charge < -0.3 is 5.73 Å². The van der Waals surface area contributed by atoms with Crippen LogP contribution in [0.15, 0.2) is 23.8 Å². The summed E-state index contributed by atoms with van der Waals surface area (Å²) < 4.78 is 0. The topological polar surface area (TPSA) is 26.0 Å². The zero-order valence-corrected chi connectivity index (χ0v) is 10.1. The van der Waals surface area contributed by atoms with Gasteiger partial charge >= 0.3 is 0 Å². The molecule has 0 saturated heterocycles. The molecule has 0 spiro atoms. The van der Waals surface area contributed by atoms with Crippen LogP contribution in [0.5, 0.6) is 0 Å². The van der Waals surface area contributed by atoms with Crippen LogP contribution in [0, 0.1) is 11.8 Å². The zero-order valence-electron chi connectivity index (χ0n) is 10.1. The molecule has 14 heavy (non-hydrogen) atoms. The Kier molecular flexibility index (Phi) is 13.3. The van der Waals surface area contributed by atoms with Gasteiger partial charge in [0, 0.05) is 0 Å². The highest BCUT2D eigenvalue weighted by Gasteiger charge is 1.95. The molecule has 0 aromatic rings. The smallest absolute Gasteiger partial charge is 0.0860 e. The van der Waals surface area contributed by atoms with Gasteiger partial charge in [-0.05, 0) is 18.1 Å². The summed E-state index contributed by atoms with van der Waals surface area (Å²) in [5.74, 6) is 5.73. The Morgan fingerprint density at radius 1 is 1.29 bits per heavy atom. The van der Waals surface area contributed by atoms with E-state index in [-0.39, 0.29) is 6.04 Å². The first-order valence-corrected chi connectivity index (χ1v) is 5.47. The van der Waals surface area contributed by atoms with E-state index in [9.17, 15) is 0 Å². The molecule has 0 aliphatic heterocycles. The monoisotopic (exact) mass is 193 g/mol. The maximum absolute atomic E-state index is 5.61. The Balaban J connectivity index is 0. The molecule has 0 bridgehead atoms. The molecule has 80 valence electrons. The minimum atomic E-state index is -0.0788. The van der Waals surface area contributed by atoms with Gasteiger partial charge in [-0.25, -0.2) is 0 Å². The van der Waals surface area contributed by atoms with Crippen molar-refractivity contribution in [3.05, 3.63) is 23.8 Å². The summed E-state index contributed by atoms with van der Waals surface area (Å²) in [6.07, 6.45) is 6.88. The number of hydrogen-bond acceptors (Lipinski definition) is 1. The molecule has 0 aromatic heterocycles. The molecule has 1 heteroatoms. The van der Waals surface area contributed by atoms with Crippen LogP contribution in [0.1, 0.15) is 41.0 Å². The Morgan fingerprint density at radius 2 is 1.86 bits per heavy atom. The van der Waals surface area contributed by atoms with Crippen LogP contribution < -0.4 is 5.73 Å². The Hall–Kier alpha value is -1.00. The van der Waals surface area contributed by atoms with Gasteiger partial charge in [0.05, 0.1) is 6.04 Å². The van der Waals surface area contributed by atoms with Crippen molar-refractivity contribution in [2.24, 2.45) is 5.73 Å². The van der Waals surface area contributed by atoms with Gasteiger partial charge in [0.2, 0.25) is 0 Å². The van der Waals surface area contributed by atoms with Gasteiger partial charge in [-0.2, -0.15) is 0 Å². The molecular formula is C13H23N. The van der Waals surface area contributed by atoms with E-state index in [1.807, 2.05) is 45.9 Å². The average molecular weight is 193 g/mol. The third kappa shape index (κ3) is 7.64. The van der Waals surface area contributed by atoms with Crippen LogP contribution in [0.3, 0.4) is 0 Å². The molecule has 1 unspecified atom stereocenters. The van der Waals surface area contributed by atoms with Crippen molar-refractivity contribution in [1.29, 1.82) is 0 Å². The van der Waals surface area contributed by atoms with Crippen LogP contribution in [-0.2, 0) is 0 Å². The van der Waals surface area contributed by atoms with E-state index in [2.05, 4.69) is 18.8 Å². The van der Waals surface area contributed by atoms with Crippen molar-refractivity contribution in [2.45, 2.75) is 47.1 Å². The van der Waals surface area contributed by atoms with E-state index in [0.717, 1.165) is 6.42 Å². The first kappa shape index (κ1) is 15.5. The lowest BCUT2D eigenvalue weighted by Gasteiger charge is -1.97. The standard InChI is InChI=1S/C9H11N.2C2H6/c1-2-8-5-3-4-6-9(10)7-8;2*1-2/h3,5,7,9H,2,10H2,1H3;2*1-2H3. The molecule has 1 rings (SSSR count). The van der Waals surface area contributed by atoms with Gasteiger partial charge in [0.15, 0.2) is 0 Å². The van der Waals surface area contributed by atoms with Crippen molar-refractivity contribution >= 4 is 0 Å². The molecule has 2 N–H and O–H groups in total. The lowest BCUT2D eigenvalue weighted by atomic mass is 10.1. The Bertz CT molecular complexity index is 225. The first-order valence-electron chi connectivity index (χ1n) is 5.47. The molecule has 0 fully saturated rings. The van der Waals surface area contributed by atoms with Gasteiger partial charge in [-0.3, -0.25) is 0 Å². The van der Waals surface area contributed by atoms with Crippen LogP contribution in [0.2, 0.25) is 0 Å². The SMILES string of the molecule is CC.CC.CCC1=CC(N)C#CC=C1. The third-order valence-electron chi connectivity index (χ3n) is 1.43. The van der Waals surface area contributed by atoms with Crippen molar-refractivity contribution in [3.8, 4) is 11.8 Å². The zero-order chi connectivity index (χ0) is 11.4. The highest BCUT2D eigenvalue weighted by Crippen LogP contribution is 2.04. The molecule has 1 aliphatic carbocycles. The first-order chi connectivity index (χ1) is 6.83. The lowest BCUT2D eigenvalue weighted by Crippen LogP contribution is -2.13. The van der Waals surface area contributed by atoms with E-state index >= 15 is 0 Å². The molecule has 0 saturated carbocycles. The van der Waals surface area contributed by atoms with Crippen molar-refractivity contribution in [2.75, 3.05) is 0 Å². The van der Waals surface area contributed by atoms with Crippen LogP contribution in [-0.4, -0.2) is 6.04 Å². The van der Waals surface area contributed by atoms with Gasteiger partial charge in [-0.1, -0.05) is 58.6 Å². The molecule has 1 aliphatic rings. The highest BCUT2D eigenvalue weighted by molar-refractivity contribution is 5.35. The number of hydrogen-bond donors (Lipinski definition) is 1. The molecular weight excluding hydrogens is 170 g/mol. The second-order valence-corrected chi connectivity index (χ2v) is 2.24. The van der Waals surface area contributed by atoms with E-state index in [4.69, 9.17) is 5.73 Å². The fraction of sp³-hybridized carbons (Fsp3) is 0.538. The molecule has 1 nitrogen and oxygen atoms in total. The summed E-state index contributed by atoms with van der Waals surface area (Å²) in [4.78, 5) is 0. The summed E-state index contributed by atoms with van der Waals surface area (Å²) in [5, 5.41) is 0. The largest absolute Gasteiger partial charge is 0.314 e. The second-order valence-electron chi connectivity index (χ2n) is 2.24. The predicted octanol–water partition coefficient (Wildman–Crippen LogP) is 3.28. The summed E-state index contributed by atoms with van der Waals surface area (Å²) in [5.41, 5.74) is 6.87. The molecule has 0 radical (unpaired) electrons. The minimum absolute atomic E-state index is 0.0788. The van der Waals surface area contributed by atoms with E-state index in [1.54, 1.807) is 0 Å². The highest BCUT2D eigenvalue weighted by atomic mass is 14.6. The van der Waals surface area contributed by atoms with E-state index < -0.39 is 0 Å². The fourth-order valence-corrected chi connectivity index (χ4v) is 0.857. The average Bonchev–Trinajstić information content (AvgIpc) is 2.48. The normalized spacial score (nSPS) is 17.0. The van der Waals surface area contributed by atoms with E-state index in [1.165, 1.54) is 5.57 Å². The van der Waals surface area contributed by atoms with Gasteiger partial charge in [0.25, 0.3) is 0 Å². The molecule has 1 atom stereocenters. The summed E-state index contributed by atoms with van der Waals surface area (Å²) in [6.45, 7) is 10.1. The maximum atomic E-state index is 5.61. The number of rotatable bonds is 1. The number of allylic oxidation sites excluding steroid dienone is 3. The van der Waals surface area contributed by atoms with Crippen molar-refractivity contribution < 1.29 is 0 Å². The second kappa shape index (κ2) is 12.0. The van der Waals surface area contributed by atoms with Crippen LogP contribution in [0.25, 0.3) is 0 Å². The Morgan fingerprint density at radius 3 is 2.36 bits per heavy atom. The summed E-state index contributed by atoms with van der Waals surface area (Å²) in [7, 11) is 0. The molecule has 0 aromatic carbocycles. The molecule has 0 heterocycles. The van der Waals surface area contributed by atoms with Gasteiger partial charge in [0.1, 0.15) is 0 Å². The van der Waals surface area contributed by atoms with Crippen molar-refractivity contribution in [3.63, 3.8) is 0 Å². The minimum Gasteiger partial charge on any atom is -0.314 e. The van der Waals surface area contributed by atoms with E-state index in [0.29, 0.717) is 0 Å². The van der Waals surface area contributed by atoms with Crippen LogP contribution in [0.4, 0.5) is 0 Å². The maximum Gasteiger partial charge on any atom is 0.0860 e. The predicted molar refractivity (Wildman–Crippen MR) is 66.0 cm³/mol. The summed E-state index contributed by atoms with van der Waals surface area (Å²) in [6, 6.07) is -0.0788. The van der Waals surface area contributed by atoms with Gasteiger partial charge in [-0.15, -0.1) is 0 Å². The quantitative estimate of drug-likeness (QED) is 0.635. The lowest BCUT2D eigenvalue weighted by molar-refractivity contribution is 1.03. The fourth-order valence-electron chi connectivity index (χ4n) is 0.857. The van der Waals surface area contributed by atoms with Crippen molar-refractivity contribution in [1.82, 2.24) is 0 Å².